The highest BCUT2D eigenvalue weighted by Gasteiger charge is 2.18. The van der Waals surface area contributed by atoms with Crippen molar-refractivity contribution in [2.24, 2.45) is 0 Å². The third kappa shape index (κ3) is 2.55. The predicted octanol–water partition coefficient (Wildman–Crippen LogP) is 1.47. The molecule has 0 saturated heterocycles. The molecule has 3 heteroatoms. The predicted molar refractivity (Wildman–Crippen MR) is 72.2 cm³/mol. The fourth-order valence-electron chi connectivity index (χ4n) is 2.24. The molecule has 0 bridgehead atoms. The first kappa shape index (κ1) is 12.7. The van der Waals surface area contributed by atoms with E-state index in [1.54, 1.807) is 0 Å². The molecule has 3 nitrogen and oxygen atoms in total. The molecule has 0 radical (unpaired) electrons. The summed E-state index contributed by atoms with van der Waals surface area (Å²) >= 11 is 0. The Morgan fingerprint density at radius 2 is 2.44 bits per heavy atom. The van der Waals surface area contributed by atoms with Gasteiger partial charge in [-0.25, -0.2) is 0 Å². The summed E-state index contributed by atoms with van der Waals surface area (Å²) in [7, 11) is 0. The maximum Gasteiger partial charge on any atom is 0.252 e. The normalized spacial score (nSPS) is 15.3. The van der Waals surface area contributed by atoms with Crippen molar-refractivity contribution >= 4 is 5.91 Å². The molecule has 1 unspecified atom stereocenters. The van der Waals surface area contributed by atoms with Gasteiger partial charge >= 0.3 is 0 Å². The van der Waals surface area contributed by atoms with E-state index < -0.39 is 0 Å². The molecular weight excluding hydrogens is 224 g/mol. The van der Waals surface area contributed by atoms with Crippen molar-refractivity contribution in [1.82, 2.24) is 10.6 Å². The van der Waals surface area contributed by atoms with Crippen LogP contribution in [0.1, 0.15) is 34.8 Å². The van der Waals surface area contributed by atoms with Crippen LogP contribution in [-0.4, -0.2) is 18.5 Å². The second-order valence-electron chi connectivity index (χ2n) is 4.47. The molecule has 0 fully saturated rings. The van der Waals surface area contributed by atoms with Gasteiger partial charge in [-0.15, -0.1) is 6.42 Å². The average Bonchev–Trinajstić information content (AvgIpc) is 2.43. The van der Waals surface area contributed by atoms with Crippen LogP contribution >= 0.6 is 0 Å². The molecule has 94 valence electrons. The molecule has 0 aliphatic carbocycles. The maximum atomic E-state index is 12.2. The summed E-state index contributed by atoms with van der Waals surface area (Å²) in [4.78, 5) is 12.2. The zero-order valence-corrected chi connectivity index (χ0v) is 10.6. The molecule has 1 atom stereocenters. The topological polar surface area (TPSA) is 41.1 Å². The van der Waals surface area contributed by atoms with Crippen molar-refractivity contribution < 1.29 is 4.79 Å². The molecule has 18 heavy (non-hydrogen) atoms. The number of hydrogen-bond acceptors (Lipinski definition) is 2. The maximum absolute atomic E-state index is 12.2. The van der Waals surface area contributed by atoms with E-state index in [9.17, 15) is 4.79 Å². The van der Waals surface area contributed by atoms with Gasteiger partial charge in [-0.05, 0) is 36.6 Å². The van der Waals surface area contributed by atoms with Gasteiger partial charge in [0.25, 0.3) is 5.91 Å². The van der Waals surface area contributed by atoms with Gasteiger partial charge in [-0.2, -0.15) is 0 Å². The molecule has 1 aliphatic heterocycles. The Morgan fingerprint density at radius 1 is 1.61 bits per heavy atom. The molecular formula is C15H18N2O. The van der Waals surface area contributed by atoms with E-state index >= 15 is 0 Å². The van der Waals surface area contributed by atoms with Gasteiger partial charge in [0.2, 0.25) is 0 Å². The number of hydrogen-bond donors (Lipinski definition) is 2. The van der Waals surface area contributed by atoms with Crippen molar-refractivity contribution in [2.75, 3.05) is 6.54 Å². The number of carbonyl (C=O) groups excluding carboxylic acids is 1. The molecule has 0 aromatic heterocycles. The Kier molecular flexibility index (Phi) is 4.01. The molecule has 1 amide bonds. The number of fused-ring (bicyclic) bond motifs is 1. The molecule has 0 spiro atoms. The smallest absolute Gasteiger partial charge is 0.252 e. The average molecular weight is 242 g/mol. The fraction of sp³-hybridized carbons (Fsp3) is 0.400. The Balaban J connectivity index is 2.23. The molecule has 1 heterocycles. The first-order valence-corrected chi connectivity index (χ1v) is 6.34. The van der Waals surface area contributed by atoms with Crippen LogP contribution in [0.5, 0.6) is 0 Å². The number of carbonyl (C=O) groups is 1. The minimum absolute atomic E-state index is 0.0569. The van der Waals surface area contributed by atoms with Gasteiger partial charge in [0.05, 0.1) is 6.04 Å². The Bertz CT molecular complexity index is 488. The molecule has 1 aliphatic rings. The summed E-state index contributed by atoms with van der Waals surface area (Å²) < 4.78 is 0. The number of benzene rings is 1. The number of amides is 1. The van der Waals surface area contributed by atoms with E-state index in [-0.39, 0.29) is 11.9 Å². The second-order valence-corrected chi connectivity index (χ2v) is 4.47. The largest absolute Gasteiger partial charge is 0.338 e. The Hall–Kier alpha value is -1.79. The summed E-state index contributed by atoms with van der Waals surface area (Å²) in [5.41, 5.74) is 3.13. The summed E-state index contributed by atoms with van der Waals surface area (Å²) in [6, 6.07) is 5.69. The monoisotopic (exact) mass is 242 g/mol. The van der Waals surface area contributed by atoms with Gasteiger partial charge in [0.15, 0.2) is 0 Å². The minimum Gasteiger partial charge on any atom is -0.338 e. The van der Waals surface area contributed by atoms with Crippen molar-refractivity contribution in [1.29, 1.82) is 0 Å². The van der Waals surface area contributed by atoms with E-state index in [0.29, 0.717) is 0 Å². The minimum atomic E-state index is -0.185. The van der Waals surface area contributed by atoms with Gasteiger partial charge in [0, 0.05) is 12.1 Å². The first-order valence-electron chi connectivity index (χ1n) is 6.34. The zero-order chi connectivity index (χ0) is 13.0. The van der Waals surface area contributed by atoms with Crippen LogP contribution in [0.25, 0.3) is 0 Å². The fourth-order valence-corrected chi connectivity index (χ4v) is 2.24. The van der Waals surface area contributed by atoms with Crippen molar-refractivity contribution in [3.63, 3.8) is 0 Å². The summed E-state index contributed by atoms with van der Waals surface area (Å²) in [6.45, 7) is 3.72. The Labute approximate surface area is 108 Å². The van der Waals surface area contributed by atoms with E-state index in [2.05, 4.69) is 22.6 Å². The molecule has 2 N–H and O–H groups in total. The third-order valence-electron chi connectivity index (χ3n) is 3.30. The van der Waals surface area contributed by atoms with E-state index in [1.807, 2.05) is 19.1 Å². The quantitative estimate of drug-likeness (QED) is 0.788. The second kappa shape index (κ2) is 5.70. The van der Waals surface area contributed by atoms with Crippen LogP contribution in [0.15, 0.2) is 18.2 Å². The molecule has 1 aromatic rings. The lowest BCUT2D eigenvalue weighted by molar-refractivity contribution is 0.0944. The molecule has 2 rings (SSSR count). The van der Waals surface area contributed by atoms with Crippen LogP contribution < -0.4 is 10.6 Å². The standard InChI is InChI=1S/C15H18N2O/c1-3-12(4-2)17-15(18)14-7-5-6-11-10-16-9-8-13(11)14/h1,5-7,12,16H,4,8-10H2,2H3,(H,17,18). The van der Waals surface area contributed by atoms with Crippen LogP contribution in [0, 0.1) is 12.3 Å². The number of nitrogens with one attached hydrogen (secondary N) is 2. The van der Waals surface area contributed by atoms with Gasteiger partial charge < -0.3 is 10.6 Å². The lowest BCUT2D eigenvalue weighted by Gasteiger charge is -2.20. The number of terminal acetylenes is 1. The molecule has 0 saturated carbocycles. The van der Waals surface area contributed by atoms with Crippen molar-refractivity contribution in [3.05, 3.63) is 34.9 Å². The van der Waals surface area contributed by atoms with Gasteiger partial charge in [-0.1, -0.05) is 25.0 Å². The van der Waals surface area contributed by atoms with Crippen LogP contribution in [0.4, 0.5) is 0 Å². The summed E-state index contributed by atoms with van der Waals surface area (Å²) in [6.07, 6.45) is 7.02. The first-order chi connectivity index (χ1) is 8.76. The van der Waals surface area contributed by atoms with Crippen LogP contribution in [0.3, 0.4) is 0 Å². The highest BCUT2D eigenvalue weighted by atomic mass is 16.1. The summed E-state index contributed by atoms with van der Waals surface area (Å²) in [5, 5.41) is 6.19. The number of rotatable bonds is 3. The lowest BCUT2D eigenvalue weighted by Crippen LogP contribution is -2.35. The van der Waals surface area contributed by atoms with Crippen LogP contribution in [-0.2, 0) is 13.0 Å². The lowest BCUT2D eigenvalue weighted by atomic mass is 9.95. The molecule has 1 aromatic carbocycles. The SMILES string of the molecule is C#CC(CC)NC(=O)c1cccc2c1CCNC2. The third-order valence-corrected chi connectivity index (χ3v) is 3.30. The zero-order valence-electron chi connectivity index (χ0n) is 10.6. The summed E-state index contributed by atoms with van der Waals surface area (Å²) in [5.74, 6) is 2.53. The van der Waals surface area contributed by atoms with Crippen LogP contribution in [0.2, 0.25) is 0 Å². The Morgan fingerprint density at radius 3 is 3.17 bits per heavy atom. The highest BCUT2D eigenvalue weighted by molar-refractivity contribution is 5.96. The highest BCUT2D eigenvalue weighted by Crippen LogP contribution is 2.18. The van der Waals surface area contributed by atoms with Crippen molar-refractivity contribution in [3.8, 4) is 12.3 Å². The van der Waals surface area contributed by atoms with Gasteiger partial charge in [-0.3, -0.25) is 4.79 Å². The van der Waals surface area contributed by atoms with Crippen molar-refractivity contribution in [2.45, 2.75) is 32.4 Å². The van der Waals surface area contributed by atoms with Gasteiger partial charge in [0.1, 0.15) is 0 Å². The van der Waals surface area contributed by atoms with E-state index in [1.165, 1.54) is 5.56 Å². The van der Waals surface area contributed by atoms with E-state index in [4.69, 9.17) is 6.42 Å². The van der Waals surface area contributed by atoms with E-state index in [0.717, 1.165) is 37.1 Å².